The van der Waals surface area contributed by atoms with Crippen molar-refractivity contribution in [3.63, 3.8) is 0 Å². The van der Waals surface area contributed by atoms with E-state index in [0.29, 0.717) is 25.0 Å². The zero-order valence-electron chi connectivity index (χ0n) is 14.5. The highest BCUT2D eigenvalue weighted by Crippen LogP contribution is 2.40. The molecule has 1 atom stereocenters. The first-order valence-corrected chi connectivity index (χ1v) is 8.16. The molecule has 7 nitrogen and oxygen atoms in total. The number of anilines is 1. The van der Waals surface area contributed by atoms with Crippen molar-refractivity contribution < 1.29 is 18.1 Å². The second kappa shape index (κ2) is 6.26. The van der Waals surface area contributed by atoms with Crippen LogP contribution >= 0.6 is 0 Å². The third kappa shape index (κ3) is 2.99. The van der Waals surface area contributed by atoms with Gasteiger partial charge < -0.3 is 9.47 Å². The second-order valence-electron chi connectivity index (χ2n) is 6.55. The van der Waals surface area contributed by atoms with E-state index in [-0.39, 0.29) is 17.6 Å². The molecule has 0 amide bonds. The summed E-state index contributed by atoms with van der Waals surface area (Å²) in [5, 5.41) is 19.7. The predicted octanol–water partition coefficient (Wildman–Crippen LogP) is 3.91. The molecule has 0 saturated carbocycles. The SMILES string of the molecule is CC(C)c1nnc2n1CCN(c1ccc(C(F)(F)F)cc1[N+](=O)[O-])C2C. The Morgan fingerprint density at radius 3 is 2.54 bits per heavy atom. The van der Waals surface area contributed by atoms with Gasteiger partial charge in [0.1, 0.15) is 11.5 Å². The smallest absolute Gasteiger partial charge is 0.354 e. The molecule has 2 heterocycles. The van der Waals surface area contributed by atoms with E-state index in [0.717, 1.165) is 18.0 Å². The Morgan fingerprint density at radius 1 is 1.27 bits per heavy atom. The van der Waals surface area contributed by atoms with Crippen LogP contribution in [0.4, 0.5) is 24.5 Å². The first kappa shape index (κ1) is 18.2. The average Bonchev–Trinajstić information content (AvgIpc) is 2.99. The summed E-state index contributed by atoms with van der Waals surface area (Å²) in [4.78, 5) is 12.3. The number of hydrogen-bond donors (Lipinski definition) is 0. The van der Waals surface area contributed by atoms with Crippen molar-refractivity contribution in [3.05, 3.63) is 45.5 Å². The van der Waals surface area contributed by atoms with Crippen molar-refractivity contribution in [2.24, 2.45) is 0 Å². The van der Waals surface area contributed by atoms with Crippen molar-refractivity contribution >= 4 is 11.4 Å². The maximum Gasteiger partial charge on any atom is 0.416 e. The molecule has 26 heavy (non-hydrogen) atoms. The molecular weight excluding hydrogens is 351 g/mol. The second-order valence-corrected chi connectivity index (χ2v) is 6.55. The number of benzene rings is 1. The van der Waals surface area contributed by atoms with Gasteiger partial charge in [0.15, 0.2) is 5.82 Å². The minimum absolute atomic E-state index is 0.149. The fraction of sp³-hybridized carbons (Fsp3) is 0.500. The van der Waals surface area contributed by atoms with Crippen LogP contribution in [-0.4, -0.2) is 26.2 Å². The molecule has 0 fully saturated rings. The molecule has 0 saturated heterocycles. The lowest BCUT2D eigenvalue weighted by atomic mass is 10.1. The molecule has 0 radical (unpaired) electrons. The van der Waals surface area contributed by atoms with Crippen molar-refractivity contribution in [2.45, 2.75) is 45.5 Å². The van der Waals surface area contributed by atoms with Crippen LogP contribution in [0, 0.1) is 10.1 Å². The van der Waals surface area contributed by atoms with Gasteiger partial charge in [-0.1, -0.05) is 13.8 Å². The first-order valence-electron chi connectivity index (χ1n) is 8.16. The normalized spacial score (nSPS) is 17.5. The number of nitro benzene ring substituents is 1. The highest BCUT2D eigenvalue weighted by atomic mass is 19.4. The Labute approximate surface area is 147 Å². The third-order valence-electron chi connectivity index (χ3n) is 4.54. The summed E-state index contributed by atoms with van der Waals surface area (Å²) in [6.07, 6.45) is -4.64. The molecule has 3 rings (SSSR count). The average molecular weight is 369 g/mol. The van der Waals surface area contributed by atoms with Crippen molar-refractivity contribution in [1.82, 2.24) is 14.8 Å². The zero-order chi connectivity index (χ0) is 19.2. The number of rotatable bonds is 3. The van der Waals surface area contributed by atoms with Crippen LogP contribution in [0.5, 0.6) is 0 Å². The highest BCUT2D eigenvalue weighted by Gasteiger charge is 2.36. The molecule has 1 unspecified atom stereocenters. The maximum atomic E-state index is 12.9. The Balaban J connectivity index is 2.03. The minimum atomic E-state index is -4.64. The van der Waals surface area contributed by atoms with Crippen LogP contribution < -0.4 is 4.90 Å². The summed E-state index contributed by atoms with van der Waals surface area (Å²) in [7, 11) is 0. The van der Waals surface area contributed by atoms with Crippen LogP contribution in [0.25, 0.3) is 0 Å². The molecule has 0 N–H and O–H groups in total. The summed E-state index contributed by atoms with van der Waals surface area (Å²) in [5.74, 6) is 1.65. The van der Waals surface area contributed by atoms with E-state index in [1.165, 1.54) is 0 Å². The Kier molecular flexibility index (Phi) is 4.37. The van der Waals surface area contributed by atoms with Gasteiger partial charge in [0.2, 0.25) is 0 Å². The van der Waals surface area contributed by atoms with Crippen LogP contribution in [0.1, 0.15) is 49.9 Å². The fourth-order valence-electron chi connectivity index (χ4n) is 3.25. The van der Waals surface area contributed by atoms with E-state index in [2.05, 4.69) is 10.2 Å². The van der Waals surface area contributed by atoms with E-state index in [9.17, 15) is 23.3 Å². The van der Waals surface area contributed by atoms with Gasteiger partial charge in [-0.3, -0.25) is 10.1 Å². The number of halogens is 3. The van der Waals surface area contributed by atoms with Gasteiger partial charge >= 0.3 is 6.18 Å². The van der Waals surface area contributed by atoms with Gasteiger partial charge in [-0.15, -0.1) is 10.2 Å². The molecule has 1 aliphatic rings. The summed E-state index contributed by atoms with van der Waals surface area (Å²) < 4.78 is 40.7. The van der Waals surface area contributed by atoms with E-state index in [1.807, 2.05) is 25.3 Å². The zero-order valence-corrected chi connectivity index (χ0v) is 14.5. The van der Waals surface area contributed by atoms with E-state index in [4.69, 9.17) is 0 Å². The lowest BCUT2D eigenvalue weighted by Gasteiger charge is -2.35. The number of hydrogen-bond acceptors (Lipinski definition) is 5. The van der Waals surface area contributed by atoms with Gasteiger partial charge in [0.05, 0.1) is 16.5 Å². The van der Waals surface area contributed by atoms with Crippen LogP contribution in [0.15, 0.2) is 18.2 Å². The molecule has 1 aromatic heterocycles. The number of nitro groups is 1. The van der Waals surface area contributed by atoms with Crippen molar-refractivity contribution in [2.75, 3.05) is 11.4 Å². The van der Waals surface area contributed by atoms with Crippen LogP contribution in [0.3, 0.4) is 0 Å². The van der Waals surface area contributed by atoms with Gasteiger partial charge in [-0.2, -0.15) is 13.2 Å². The molecule has 0 bridgehead atoms. The minimum Gasteiger partial charge on any atom is -0.354 e. The molecule has 1 aliphatic heterocycles. The summed E-state index contributed by atoms with van der Waals surface area (Å²) >= 11 is 0. The van der Waals surface area contributed by atoms with E-state index in [1.54, 1.807) is 4.90 Å². The lowest BCUT2D eigenvalue weighted by molar-refractivity contribution is -0.384. The number of alkyl halides is 3. The van der Waals surface area contributed by atoms with E-state index < -0.39 is 22.4 Å². The molecule has 0 aliphatic carbocycles. The molecule has 10 heteroatoms. The molecule has 140 valence electrons. The molecular formula is C16H18F3N5O2. The van der Waals surface area contributed by atoms with Crippen molar-refractivity contribution in [1.29, 1.82) is 0 Å². The topological polar surface area (TPSA) is 77.1 Å². The third-order valence-corrected chi connectivity index (χ3v) is 4.54. The lowest BCUT2D eigenvalue weighted by Crippen LogP contribution is -2.38. The first-order chi connectivity index (χ1) is 12.1. The Morgan fingerprint density at radius 2 is 1.96 bits per heavy atom. The molecule has 2 aromatic rings. The fourth-order valence-corrected chi connectivity index (χ4v) is 3.25. The van der Waals surface area contributed by atoms with E-state index >= 15 is 0 Å². The number of aromatic nitrogens is 3. The van der Waals surface area contributed by atoms with Gasteiger partial charge in [-0.05, 0) is 19.1 Å². The van der Waals surface area contributed by atoms with Crippen LogP contribution in [-0.2, 0) is 12.7 Å². The standard InChI is InChI=1S/C16H18F3N5O2/c1-9(2)14-20-21-15-10(3)22(6-7-23(14)15)12-5-4-11(16(17,18)19)8-13(12)24(25)26/h4-5,8-10H,6-7H2,1-3H3. The molecule has 0 spiro atoms. The Hall–Kier alpha value is -2.65. The number of fused-ring (bicyclic) bond motifs is 1. The monoisotopic (exact) mass is 369 g/mol. The Bertz CT molecular complexity index is 847. The summed E-state index contributed by atoms with van der Waals surface area (Å²) in [6.45, 7) is 6.73. The van der Waals surface area contributed by atoms with Crippen LogP contribution in [0.2, 0.25) is 0 Å². The molecule has 1 aromatic carbocycles. The van der Waals surface area contributed by atoms with Gasteiger partial charge in [0.25, 0.3) is 5.69 Å². The van der Waals surface area contributed by atoms with Crippen molar-refractivity contribution in [3.8, 4) is 0 Å². The quantitative estimate of drug-likeness (QED) is 0.606. The maximum absolute atomic E-state index is 12.9. The predicted molar refractivity (Wildman–Crippen MR) is 88.0 cm³/mol. The number of nitrogens with zero attached hydrogens (tertiary/aromatic N) is 5. The highest BCUT2D eigenvalue weighted by molar-refractivity contribution is 5.65. The van der Waals surface area contributed by atoms with Gasteiger partial charge in [-0.25, -0.2) is 0 Å². The summed E-state index contributed by atoms with van der Waals surface area (Å²) in [5.41, 5.74) is -1.46. The largest absolute Gasteiger partial charge is 0.416 e. The summed E-state index contributed by atoms with van der Waals surface area (Å²) in [6, 6.07) is 2.26. The van der Waals surface area contributed by atoms with Gasteiger partial charge in [0, 0.05) is 25.1 Å².